The van der Waals surface area contributed by atoms with Crippen LogP contribution in [0.3, 0.4) is 0 Å². The van der Waals surface area contributed by atoms with Crippen LogP contribution < -0.4 is 5.32 Å². The Labute approximate surface area is 101 Å². The monoisotopic (exact) mass is 237 g/mol. The Bertz CT molecular complexity index is 416. The van der Waals surface area contributed by atoms with E-state index < -0.39 is 5.54 Å². The lowest BCUT2D eigenvalue weighted by Crippen LogP contribution is -2.49. The number of nitrogens with one attached hydrogen (secondary N) is 1. The largest absolute Gasteiger partial charge is 0.468 e. The molecule has 0 radical (unpaired) electrons. The Morgan fingerprint density at radius 2 is 2.47 bits per heavy atom. The van der Waals surface area contributed by atoms with Crippen molar-refractivity contribution in [1.82, 2.24) is 15.1 Å². The molecule has 1 fully saturated rings. The van der Waals surface area contributed by atoms with Crippen molar-refractivity contribution >= 4 is 5.97 Å². The Hall–Kier alpha value is -1.36. The van der Waals surface area contributed by atoms with Crippen molar-refractivity contribution in [3.8, 4) is 0 Å². The first-order valence-electron chi connectivity index (χ1n) is 5.90. The zero-order chi connectivity index (χ0) is 12.5. The minimum absolute atomic E-state index is 0.175. The number of ether oxygens (including phenoxy) is 1. The fourth-order valence-corrected chi connectivity index (χ4v) is 2.59. The maximum atomic E-state index is 11.8. The minimum atomic E-state index is -0.542. The van der Waals surface area contributed by atoms with E-state index in [-0.39, 0.29) is 12.0 Å². The molecule has 1 aliphatic rings. The van der Waals surface area contributed by atoms with Crippen LogP contribution >= 0.6 is 0 Å². The molecule has 0 spiro atoms. The van der Waals surface area contributed by atoms with Gasteiger partial charge in [0, 0.05) is 6.20 Å². The maximum Gasteiger partial charge on any atom is 0.326 e. The van der Waals surface area contributed by atoms with Gasteiger partial charge in [-0.1, -0.05) is 0 Å². The second-order valence-electron chi connectivity index (χ2n) is 4.66. The first kappa shape index (κ1) is 12.1. The number of methoxy groups -OCH3 is 1. The van der Waals surface area contributed by atoms with Gasteiger partial charge in [0.15, 0.2) is 0 Å². The second-order valence-corrected chi connectivity index (χ2v) is 4.66. The quantitative estimate of drug-likeness (QED) is 0.798. The number of carbonyl (C=O) groups is 1. The SMILES string of the molecule is CNC1(C(=O)OC)CCC(n2ccc(C)n2)C1. The molecule has 1 N–H and O–H groups in total. The third kappa shape index (κ3) is 2.07. The van der Waals surface area contributed by atoms with Crippen molar-refractivity contribution in [2.24, 2.45) is 0 Å². The highest BCUT2D eigenvalue weighted by molar-refractivity contribution is 5.81. The number of aryl methyl sites for hydroxylation is 1. The first-order chi connectivity index (χ1) is 8.11. The molecule has 2 atom stereocenters. The molecule has 0 amide bonds. The summed E-state index contributed by atoms with van der Waals surface area (Å²) in [6.45, 7) is 1.97. The molecule has 1 aromatic rings. The standard InChI is InChI=1S/C12H19N3O2/c1-9-5-7-15(14-9)10-4-6-12(8-10,13-2)11(16)17-3/h5,7,10,13H,4,6,8H2,1-3H3. The zero-order valence-corrected chi connectivity index (χ0v) is 10.6. The van der Waals surface area contributed by atoms with Gasteiger partial charge >= 0.3 is 5.97 Å². The summed E-state index contributed by atoms with van der Waals surface area (Å²) in [7, 11) is 3.25. The van der Waals surface area contributed by atoms with Crippen molar-refractivity contribution in [2.75, 3.05) is 14.2 Å². The van der Waals surface area contributed by atoms with Crippen molar-refractivity contribution < 1.29 is 9.53 Å². The highest BCUT2D eigenvalue weighted by Gasteiger charge is 2.45. The molecular formula is C12H19N3O2. The average Bonchev–Trinajstić information content (AvgIpc) is 2.94. The molecule has 0 aromatic carbocycles. The number of carbonyl (C=O) groups excluding carboxylic acids is 1. The maximum absolute atomic E-state index is 11.8. The fraction of sp³-hybridized carbons (Fsp3) is 0.667. The van der Waals surface area contributed by atoms with Crippen LogP contribution in [0.2, 0.25) is 0 Å². The van der Waals surface area contributed by atoms with Gasteiger partial charge in [0.1, 0.15) is 5.54 Å². The fourth-order valence-electron chi connectivity index (χ4n) is 2.59. The predicted molar refractivity (Wildman–Crippen MR) is 63.7 cm³/mol. The molecule has 5 nitrogen and oxygen atoms in total. The number of esters is 1. The molecule has 1 saturated carbocycles. The van der Waals surface area contributed by atoms with E-state index in [4.69, 9.17) is 4.74 Å². The Kier molecular flexibility index (Phi) is 3.19. The number of nitrogens with zero attached hydrogens (tertiary/aromatic N) is 2. The highest BCUT2D eigenvalue weighted by Crippen LogP contribution is 2.38. The number of aromatic nitrogens is 2. The third-order valence-corrected chi connectivity index (χ3v) is 3.66. The summed E-state index contributed by atoms with van der Waals surface area (Å²) in [6.07, 6.45) is 4.44. The molecule has 0 aliphatic heterocycles. The number of likely N-dealkylation sites (N-methyl/N-ethyl adjacent to an activating group) is 1. The Balaban J connectivity index is 2.15. The predicted octanol–water partition coefficient (Wildman–Crippen LogP) is 1.05. The molecule has 2 unspecified atom stereocenters. The van der Waals surface area contributed by atoms with Crippen molar-refractivity contribution in [2.45, 2.75) is 37.8 Å². The third-order valence-electron chi connectivity index (χ3n) is 3.66. The number of rotatable bonds is 3. The number of hydrogen-bond donors (Lipinski definition) is 1. The molecular weight excluding hydrogens is 218 g/mol. The van der Waals surface area contributed by atoms with Gasteiger partial charge in [0.05, 0.1) is 18.8 Å². The van der Waals surface area contributed by atoms with Crippen molar-refractivity contribution in [1.29, 1.82) is 0 Å². The van der Waals surface area contributed by atoms with Gasteiger partial charge < -0.3 is 10.1 Å². The van der Waals surface area contributed by atoms with Crippen LogP contribution in [0, 0.1) is 6.92 Å². The van der Waals surface area contributed by atoms with Crippen molar-refractivity contribution in [3.63, 3.8) is 0 Å². The summed E-state index contributed by atoms with van der Waals surface area (Å²) >= 11 is 0. The summed E-state index contributed by atoms with van der Waals surface area (Å²) in [5.41, 5.74) is 0.462. The van der Waals surface area contributed by atoms with Crippen LogP contribution in [0.1, 0.15) is 31.0 Å². The van der Waals surface area contributed by atoms with E-state index in [0.717, 1.165) is 25.0 Å². The molecule has 94 valence electrons. The van der Waals surface area contributed by atoms with Gasteiger partial charge in [-0.05, 0) is 39.3 Å². The van der Waals surface area contributed by atoms with Gasteiger partial charge in [-0.3, -0.25) is 9.48 Å². The van der Waals surface area contributed by atoms with Gasteiger partial charge in [-0.25, -0.2) is 0 Å². The van der Waals surface area contributed by atoms with Gasteiger partial charge in [0.2, 0.25) is 0 Å². The highest BCUT2D eigenvalue weighted by atomic mass is 16.5. The van der Waals surface area contributed by atoms with Crippen LogP contribution in [0.25, 0.3) is 0 Å². The van der Waals surface area contributed by atoms with E-state index in [2.05, 4.69) is 10.4 Å². The van der Waals surface area contributed by atoms with E-state index >= 15 is 0 Å². The van der Waals surface area contributed by atoms with Gasteiger partial charge in [0.25, 0.3) is 0 Å². The molecule has 1 heterocycles. The summed E-state index contributed by atoms with van der Waals surface area (Å²) < 4.78 is 6.84. The Morgan fingerprint density at radius 3 is 3.00 bits per heavy atom. The summed E-state index contributed by atoms with van der Waals surface area (Å²) in [5.74, 6) is -0.175. The molecule has 5 heteroatoms. The molecule has 0 bridgehead atoms. The molecule has 1 aromatic heterocycles. The van der Waals surface area contributed by atoms with Crippen LogP contribution in [-0.4, -0.2) is 35.4 Å². The molecule has 1 aliphatic carbocycles. The summed E-state index contributed by atoms with van der Waals surface area (Å²) in [6, 6.07) is 2.26. The smallest absolute Gasteiger partial charge is 0.326 e. The second kappa shape index (κ2) is 4.49. The minimum Gasteiger partial charge on any atom is -0.468 e. The van der Waals surface area contributed by atoms with Gasteiger partial charge in [-0.15, -0.1) is 0 Å². The lowest BCUT2D eigenvalue weighted by atomic mass is 9.98. The molecule has 17 heavy (non-hydrogen) atoms. The number of hydrogen-bond acceptors (Lipinski definition) is 4. The van der Waals surface area contributed by atoms with Crippen LogP contribution in [0.15, 0.2) is 12.3 Å². The van der Waals surface area contributed by atoms with Crippen LogP contribution in [0.4, 0.5) is 0 Å². The lowest BCUT2D eigenvalue weighted by molar-refractivity contribution is -0.148. The normalized spacial score (nSPS) is 28.3. The molecule has 2 rings (SSSR count). The van der Waals surface area contributed by atoms with E-state index in [0.29, 0.717) is 0 Å². The zero-order valence-electron chi connectivity index (χ0n) is 10.6. The average molecular weight is 237 g/mol. The topological polar surface area (TPSA) is 56.1 Å². The Morgan fingerprint density at radius 1 is 1.71 bits per heavy atom. The van der Waals surface area contributed by atoms with Gasteiger partial charge in [-0.2, -0.15) is 5.10 Å². The molecule has 0 saturated heterocycles. The van der Waals surface area contributed by atoms with E-state index in [1.165, 1.54) is 7.11 Å². The van der Waals surface area contributed by atoms with E-state index in [1.807, 2.05) is 30.9 Å². The van der Waals surface area contributed by atoms with Crippen LogP contribution in [0.5, 0.6) is 0 Å². The van der Waals surface area contributed by atoms with E-state index in [9.17, 15) is 4.79 Å². The van der Waals surface area contributed by atoms with E-state index in [1.54, 1.807) is 0 Å². The summed E-state index contributed by atoms with van der Waals surface area (Å²) in [4.78, 5) is 11.8. The first-order valence-corrected chi connectivity index (χ1v) is 5.90. The summed E-state index contributed by atoms with van der Waals surface area (Å²) in [5, 5.41) is 7.53. The van der Waals surface area contributed by atoms with Crippen molar-refractivity contribution in [3.05, 3.63) is 18.0 Å². The lowest BCUT2D eigenvalue weighted by Gasteiger charge is -2.25. The van der Waals surface area contributed by atoms with Crippen LogP contribution in [-0.2, 0) is 9.53 Å².